The van der Waals surface area contributed by atoms with Gasteiger partial charge in [-0.05, 0) is 120 Å². The van der Waals surface area contributed by atoms with Crippen LogP contribution in [0.1, 0.15) is 67.7 Å². The first kappa shape index (κ1) is 93.7. The molecule has 3 radical (unpaired) electrons. The van der Waals surface area contributed by atoms with Crippen molar-refractivity contribution in [3.05, 3.63) is 337 Å². The molecule has 6 N–H and O–H groups in total. The molecule has 0 spiro atoms. The number of aliphatic hydroxyl groups is 4. The SMILES string of the molecule is CC(O)CC(C)O.CC(O)CC(C)O.Cc1c[c-]c(-c2nnc(-c3ccc(C)cc3)n2-c2ccccc2)cc1.O=C(O)c1ccccn1.[Ir].[Ir].[Ir].[N-]=Cc1ccccc1O.[Pt].[c-]1ccccc1-c1nnc(-c2ccccc2)o1.[c-]1ccccc1-c1nnc(-c2ccccc2)o1.[c-]1ccccc1-c1nnc(-c2ccccc2)o1. The van der Waals surface area contributed by atoms with E-state index in [1.807, 2.05) is 194 Å². The number of hydrogen-bond donors (Lipinski definition) is 6. The molecule has 5 aromatic heterocycles. The van der Waals surface area contributed by atoms with E-state index in [1.165, 1.54) is 29.5 Å². The second-order valence-corrected chi connectivity index (χ2v) is 23.9. The van der Waals surface area contributed by atoms with Gasteiger partial charge in [-0.1, -0.05) is 151 Å². The summed E-state index contributed by atoms with van der Waals surface area (Å²) in [7, 11) is 0. The summed E-state index contributed by atoms with van der Waals surface area (Å²) < 4.78 is 18.9. The first-order valence-electron chi connectivity index (χ1n) is 34.2. The van der Waals surface area contributed by atoms with Crippen molar-refractivity contribution in [2.24, 2.45) is 0 Å². The Balaban J connectivity index is 0.000000279. The molecule has 0 saturated carbocycles. The van der Waals surface area contributed by atoms with Crippen LogP contribution >= 0.6 is 0 Å². The van der Waals surface area contributed by atoms with Crippen LogP contribution in [0.25, 0.3) is 103 Å². The van der Waals surface area contributed by atoms with Crippen LogP contribution in [0.2, 0.25) is 0 Å². The summed E-state index contributed by atoms with van der Waals surface area (Å²) in [5.74, 6) is 3.78. The Hall–Kier alpha value is -10.7. The van der Waals surface area contributed by atoms with Gasteiger partial charge in [0.2, 0.25) is 17.7 Å². The molecule has 10 aromatic carbocycles. The third-order valence-electron chi connectivity index (χ3n) is 14.7. The zero-order valence-corrected chi connectivity index (χ0v) is 70.9. The number of phenols is 1. The number of phenolic OH excluding ortho intramolecular Hbond substituents is 1. The number of carboxylic acid groups (broad SMARTS) is 1. The molecule has 25 heteroatoms. The Morgan fingerprint density at radius 3 is 1.10 bits per heavy atom. The Kier molecular flexibility index (Phi) is 42.7. The Labute approximate surface area is 705 Å². The van der Waals surface area contributed by atoms with Crippen molar-refractivity contribution in [3.63, 3.8) is 0 Å². The Morgan fingerprint density at radius 2 is 0.777 bits per heavy atom. The predicted molar refractivity (Wildman–Crippen MR) is 416 cm³/mol. The summed E-state index contributed by atoms with van der Waals surface area (Å²) in [6.07, 6.45) is 1.76. The summed E-state index contributed by atoms with van der Waals surface area (Å²) in [6.45, 7) is 10.8. The number of benzene rings is 10. The van der Waals surface area contributed by atoms with Gasteiger partial charge in [0.15, 0.2) is 23.5 Å². The van der Waals surface area contributed by atoms with Crippen molar-refractivity contribution in [2.45, 2.75) is 78.8 Å². The molecule has 0 bridgehead atoms. The number of pyridine rings is 1. The van der Waals surface area contributed by atoms with Gasteiger partial charge in [0.25, 0.3) is 0 Å². The zero-order valence-electron chi connectivity index (χ0n) is 61.5. The molecule has 0 aliphatic carbocycles. The summed E-state index contributed by atoms with van der Waals surface area (Å²) in [5.41, 5.74) is 11.1. The Morgan fingerprint density at radius 1 is 0.411 bits per heavy atom. The maximum atomic E-state index is 10.1. The Bertz CT molecular complexity index is 4500. The maximum absolute atomic E-state index is 10.1. The van der Waals surface area contributed by atoms with Gasteiger partial charge in [-0.2, -0.15) is 26.6 Å². The van der Waals surface area contributed by atoms with Gasteiger partial charge in [-0.3, -0.25) is 0 Å². The zero-order chi connectivity index (χ0) is 76.8. The summed E-state index contributed by atoms with van der Waals surface area (Å²) in [4.78, 5) is 13.7. The number of aliphatic hydroxyl groups excluding tert-OH is 4. The number of aromatic carboxylic acids is 1. The number of carbonyl (C=O) groups is 1. The first-order chi connectivity index (χ1) is 52.4. The standard InChI is InChI=1S/C22H18N3.3C14H9N2O.C7H6NO.C6H5NO2.2C5H12O2.3Ir.Pt/c1-16-8-12-18(13-9-16)21-23-24-22(19-14-10-17(2)11-15-19)25(21)20-6-4-3-5-7-20;3*1-3-7-11(8-4-1)13-15-16-14(17-13)12-9-5-2-6-10-12;8-5-6-3-1-2-4-7(6)9;8-6(9)5-3-1-2-4-7-5;2*1-4(6)3-5(2)7;;;;/h3-14H,1-2H3;3*1-9H;1-5,9H;1-4H,(H,8,9);2*4-7H,3H2,1-2H3;;;;/q5*-1;;;;;;;. The molecular formula is C87H80Ir3N11O10Pt-5. The van der Waals surface area contributed by atoms with E-state index in [9.17, 15) is 4.79 Å². The topological polar surface area (TPSA) is 321 Å². The third kappa shape index (κ3) is 31.6. The number of para-hydroxylation sites is 2. The average molecular weight is 2210 g/mol. The van der Waals surface area contributed by atoms with E-state index in [-0.39, 0.29) is 117 Å². The van der Waals surface area contributed by atoms with Gasteiger partial charge in [0.1, 0.15) is 11.4 Å². The molecule has 0 fully saturated rings. The third-order valence-corrected chi connectivity index (χ3v) is 14.7. The molecule has 0 saturated heterocycles. The van der Waals surface area contributed by atoms with Gasteiger partial charge in [-0.15, -0.1) is 147 Å². The fraction of sp³-hybridized carbons (Fsp3) is 0.138. The van der Waals surface area contributed by atoms with Crippen molar-refractivity contribution in [1.29, 1.82) is 0 Å². The van der Waals surface area contributed by atoms with Crippen LogP contribution in [0.5, 0.6) is 5.75 Å². The monoisotopic (exact) mass is 2210 g/mol. The van der Waals surface area contributed by atoms with Gasteiger partial charge in [-0.25, -0.2) is 9.78 Å². The van der Waals surface area contributed by atoms with E-state index in [0.717, 1.165) is 68.1 Å². The average Bonchev–Trinajstić information content (AvgIpc) is 1.62. The molecule has 0 amide bonds. The molecular weight excluding hydrogens is 2130 g/mol. The fourth-order valence-electron chi connectivity index (χ4n) is 9.55. The van der Waals surface area contributed by atoms with Crippen molar-refractivity contribution < 1.29 is 130 Å². The molecule has 4 unspecified atom stereocenters. The van der Waals surface area contributed by atoms with E-state index in [0.29, 0.717) is 53.7 Å². The largest absolute Gasteiger partial charge is 0.810 e. The molecule has 15 rings (SSSR count). The van der Waals surface area contributed by atoms with Crippen LogP contribution in [0.4, 0.5) is 0 Å². The van der Waals surface area contributed by atoms with Crippen molar-refractivity contribution in [2.75, 3.05) is 0 Å². The molecule has 5 heterocycles. The van der Waals surface area contributed by atoms with Crippen LogP contribution in [-0.4, -0.2) is 118 Å². The van der Waals surface area contributed by atoms with Crippen LogP contribution in [-0.2, 0) is 81.4 Å². The van der Waals surface area contributed by atoms with Gasteiger partial charge >= 0.3 is 5.97 Å². The van der Waals surface area contributed by atoms with Crippen molar-refractivity contribution >= 4 is 12.2 Å². The number of aromatic nitrogens is 10. The number of aryl methyl sites for hydroxylation is 2. The number of rotatable bonds is 15. The summed E-state index contributed by atoms with van der Waals surface area (Å²) >= 11 is 0. The minimum Gasteiger partial charge on any atom is -0.810 e. The quantitative estimate of drug-likeness (QED) is 0.0410. The van der Waals surface area contributed by atoms with E-state index in [1.54, 1.807) is 58.0 Å². The number of carboxylic acids is 1. The van der Waals surface area contributed by atoms with E-state index >= 15 is 0 Å². The van der Waals surface area contributed by atoms with Crippen molar-refractivity contribution in [1.82, 2.24) is 50.3 Å². The second-order valence-electron chi connectivity index (χ2n) is 23.9. The van der Waals surface area contributed by atoms with Gasteiger partial charge < -0.3 is 53.9 Å². The van der Waals surface area contributed by atoms with Crippen LogP contribution in [0.15, 0.2) is 299 Å². The number of nitrogens with zero attached hydrogens (tertiary/aromatic N) is 11. The van der Waals surface area contributed by atoms with Crippen molar-refractivity contribution in [3.8, 4) is 103 Å². The molecule has 15 aromatic rings. The summed E-state index contributed by atoms with van der Waals surface area (Å²) in [5, 5.41) is 93.0. The van der Waals surface area contributed by atoms with E-state index < -0.39 is 5.97 Å². The molecule has 0 aliphatic heterocycles. The number of hydrogen-bond acceptors (Lipinski definition) is 18. The normalized spacial score (nSPS) is 10.9. The minimum absolute atomic E-state index is 0. The molecule has 4 atom stereocenters. The molecule has 585 valence electrons. The maximum Gasteiger partial charge on any atom is 0.354 e. The summed E-state index contributed by atoms with van der Waals surface area (Å²) in [6, 6.07) is 100. The predicted octanol–water partition coefficient (Wildman–Crippen LogP) is 17.1. The second kappa shape index (κ2) is 51.0. The molecule has 21 nitrogen and oxygen atoms in total. The van der Waals surface area contributed by atoms with Crippen LogP contribution in [0.3, 0.4) is 0 Å². The van der Waals surface area contributed by atoms with Gasteiger partial charge in [0, 0.05) is 116 Å². The molecule has 112 heavy (non-hydrogen) atoms. The van der Waals surface area contributed by atoms with Gasteiger partial charge in [0.05, 0.1) is 30.2 Å². The van der Waals surface area contributed by atoms with E-state index in [2.05, 4.69) is 131 Å². The number of aromatic hydroxyl groups is 1. The molecule has 0 aliphatic rings. The first-order valence-corrected chi connectivity index (χ1v) is 34.2. The smallest absolute Gasteiger partial charge is 0.354 e. The fourth-order valence-corrected chi connectivity index (χ4v) is 9.55. The minimum atomic E-state index is -0.990. The van der Waals surface area contributed by atoms with E-state index in [4.69, 9.17) is 49.3 Å². The van der Waals surface area contributed by atoms with Crippen LogP contribution < -0.4 is 0 Å². The van der Waals surface area contributed by atoms with Crippen LogP contribution in [0, 0.1) is 38.1 Å².